The molecule has 0 spiro atoms. The zero-order valence-corrected chi connectivity index (χ0v) is 15.7. The summed E-state index contributed by atoms with van der Waals surface area (Å²) in [5.74, 6) is 1.29. The Hall–Kier alpha value is -2.48. The fourth-order valence-corrected chi connectivity index (χ4v) is 2.64. The first kappa shape index (κ1) is 18.9. The van der Waals surface area contributed by atoms with Crippen LogP contribution >= 0.6 is 15.9 Å². The molecule has 0 unspecified atom stereocenters. The van der Waals surface area contributed by atoms with Crippen molar-refractivity contribution < 1.29 is 19.0 Å². The van der Waals surface area contributed by atoms with Crippen LogP contribution in [-0.2, 0) is 11.2 Å². The number of nitrogens with one attached hydrogen (secondary N) is 2. The van der Waals surface area contributed by atoms with Gasteiger partial charge in [0.15, 0.2) is 11.5 Å². The Morgan fingerprint density at radius 1 is 1.12 bits per heavy atom. The van der Waals surface area contributed by atoms with Gasteiger partial charge in [-0.15, -0.1) is 0 Å². The molecule has 2 N–H and O–H groups in total. The van der Waals surface area contributed by atoms with E-state index in [1.807, 2.05) is 0 Å². The van der Waals surface area contributed by atoms with Gasteiger partial charge in [-0.2, -0.15) is 0 Å². The number of halogens is 1. The van der Waals surface area contributed by atoms with Crippen molar-refractivity contribution in [3.8, 4) is 17.2 Å². The van der Waals surface area contributed by atoms with E-state index >= 15 is 0 Å². The van der Waals surface area contributed by atoms with Crippen molar-refractivity contribution in [3.63, 3.8) is 0 Å². The fraction of sp³-hybridized carbons (Fsp3) is 0.294. The van der Waals surface area contributed by atoms with Gasteiger partial charge in [-0.25, -0.2) is 0 Å². The van der Waals surface area contributed by atoms with Crippen LogP contribution in [-0.4, -0.2) is 32.2 Å². The molecule has 0 bridgehead atoms. The summed E-state index contributed by atoms with van der Waals surface area (Å²) < 4.78 is 16.5. The number of amides is 1. The molecule has 0 saturated heterocycles. The highest BCUT2D eigenvalue weighted by molar-refractivity contribution is 9.10. The molecule has 134 valence electrons. The molecular formula is C17H19BrN2O5. The number of ether oxygens (including phenoxy) is 3. The van der Waals surface area contributed by atoms with Gasteiger partial charge in [0, 0.05) is 17.1 Å². The van der Waals surface area contributed by atoms with Crippen LogP contribution < -0.4 is 25.1 Å². The van der Waals surface area contributed by atoms with Crippen LogP contribution in [0.3, 0.4) is 0 Å². The van der Waals surface area contributed by atoms with Gasteiger partial charge in [0.2, 0.25) is 11.7 Å². The number of aromatic nitrogens is 1. The molecule has 7 nitrogen and oxygen atoms in total. The van der Waals surface area contributed by atoms with Crippen LogP contribution in [0, 0.1) is 0 Å². The van der Waals surface area contributed by atoms with Crippen molar-refractivity contribution in [1.29, 1.82) is 0 Å². The van der Waals surface area contributed by atoms with Crippen LogP contribution in [0.2, 0.25) is 0 Å². The zero-order chi connectivity index (χ0) is 18.4. The molecule has 1 heterocycles. The second-order valence-corrected chi connectivity index (χ2v) is 6.06. The van der Waals surface area contributed by atoms with Crippen molar-refractivity contribution in [2.75, 3.05) is 26.6 Å². The highest BCUT2D eigenvalue weighted by Crippen LogP contribution is 2.38. The lowest BCUT2D eigenvalue weighted by Gasteiger charge is -2.14. The summed E-state index contributed by atoms with van der Waals surface area (Å²) in [6.07, 6.45) is 2.16. The lowest BCUT2D eigenvalue weighted by atomic mass is 10.1. The molecule has 2 aromatic rings. The van der Waals surface area contributed by atoms with Gasteiger partial charge in [0.25, 0.3) is 5.56 Å². The molecule has 0 aliphatic carbocycles. The number of H-pyrrole nitrogens is 1. The van der Waals surface area contributed by atoms with E-state index in [0.29, 0.717) is 28.1 Å². The van der Waals surface area contributed by atoms with Crippen molar-refractivity contribution in [2.24, 2.45) is 0 Å². The molecule has 2 rings (SSSR count). The van der Waals surface area contributed by atoms with Crippen molar-refractivity contribution >= 4 is 27.5 Å². The maximum atomic E-state index is 12.1. The number of pyridine rings is 1. The average molecular weight is 411 g/mol. The third kappa shape index (κ3) is 4.76. The van der Waals surface area contributed by atoms with Gasteiger partial charge in [-0.3, -0.25) is 9.59 Å². The third-order valence-corrected chi connectivity index (χ3v) is 3.97. The SMILES string of the molecule is COc1cc(CCC(=O)Nc2cc(Br)c[nH]c2=O)cc(OC)c1OC. The first-order chi connectivity index (χ1) is 12.0. The summed E-state index contributed by atoms with van der Waals surface area (Å²) in [6.45, 7) is 0. The predicted octanol–water partition coefficient (Wildman–Crippen LogP) is 2.73. The van der Waals surface area contributed by atoms with E-state index in [1.165, 1.54) is 27.5 Å². The van der Waals surface area contributed by atoms with Gasteiger partial charge in [-0.05, 0) is 46.1 Å². The summed E-state index contributed by atoms with van der Waals surface area (Å²) in [5, 5.41) is 2.60. The van der Waals surface area contributed by atoms with Crippen LogP contribution in [0.15, 0.2) is 33.7 Å². The van der Waals surface area contributed by atoms with Gasteiger partial charge in [0.05, 0.1) is 21.3 Å². The molecule has 0 aliphatic heterocycles. The van der Waals surface area contributed by atoms with Gasteiger partial charge >= 0.3 is 0 Å². The minimum absolute atomic E-state index is 0.198. The van der Waals surface area contributed by atoms with Gasteiger partial charge in [-0.1, -0.05) is 0 Å². The van der Waals surface area contributed by atoms with Crippen molar-refractivity contribution in [1.82, 2.24) is 4.98 Å². The Morgan fingerprint density at radius 2 is 1.76 bits per heavy atom. The number of carbonyl (C=O) groups is 1. The van der Waals surface area contributed by atoms with E-state index in [1.54, 1.807) is 18.2 Å². The number of anilines is 1. The Kier molecular flexibility index (Phi) is 6.46. The van der Waals surface area contributed by atoms with E-state index < -0.39 is 0 Å². The monoisotopic (exact) mass is 410 g/mol. The lowest BCUT2D eigenvalue weighted by Crippen LogP contribution is -2.19. The van der Waals surface area contributed by atoms with E-state index in [0.717, 1.165) is 5.56 Å². The summed E-state index contributed by atoms with van der Waals surface area (Å²) in [4.78, 5) is 26.3. The minimum atomic E-state index is -0.357. The maximum absolute atomic E-state index is 12.1. The Morgan fingerprint density at radius 3 is 2.32 bits per heavy atom. The number of aromatic amines is 1. The van der Waals surface area contributed by atoms with E-state index in [-0.39, 0.29) is 23.6 Å². The van der Waals surface area contributed by atoms with Crippen LogP contribution in [0.5, 0.6) is 17.2 Å². The number of rotatable bonds is 7. The smallest absolute Gasteiger partial charge is 0.271 e. The molecule has 25 heavy (non-hydrogen) atoms. The fourth-order valence-electron chi connectivity index (χ4n) is 2.30. The number of aryl methyl sites for hydroxylation is 1. The number of hydrogen-bond donors (Lipinski definition) is 2. The van der Waals surface area contributed by atoms with Crippen LogP contribution in [0.25, 0.3) is 0 Å². The van der Waals surface area contributed by atoms with Gasteiger partial charge in [0.1, 0.15) is 5.69 Å². The van der Waals surface area contributed by atoms with Crippen molar-refractivity contribution in [3.05, 3.63) is 44.8 Å². The third-order valence-electron chi connectivity index (χ3n) is 3.51. The van der Waals surface area contributed by atoms with E-state index in [9.17, 15) is 9.59 Å². The van der Waals surface area contributed by atoms with Crippen LogP contribution in [0.1, 0.15) is 12.0 Å². The molecular weight excluding hydrogens is 392 g/mol. The summed E-state index contributed by atoms with van der Waals surface area (Å²) in [6, 6.07) is 5.14. The molecule has 0 saturated carbocycles. The Labute approximate surface area is 153 Å². The zero-order valence-electron chi connectivity index (χ0n) is 14.1. The van der Waals surface area contributed by atoms with E-state index in [4.69, 9.17) is 14.2 Å². The normalized spacial score (nSPS) is 10.2. The molecule has 1 aromatic carbocycles. The largest absolute Gasteiger partial charge is 0.493 e. The van der Waals surface area contributed by atoms with Crippen molar-refractivity contribution in [2.45, 2.75) is 12.8 Å². The summed E-state index contributed by atoms with van der Waals surface area (Å²) in [5.41, 5.74) is 0.696. The summed E-state index contributed by atoms with van der Waals surface area (Å²) in [7, 11) is 4.60. The molecule has 1 amide bonds. The molecule has 8 heteroatoms. The molecule has 1 aromatic heterocycles. The number of hydrogen-bond acceptors (Lipinski definition) is 5. The second kappa shape index (κ2) is 8.57. The van der Waals surface area contributed by atoms with Crippen LogP contribution in [0.4, 0.5) is 5.69 Å². The highest BCUT2D eigenvalue weighted by Gasteiger charge is 2.14. The molecule has 0 aliphatic rings. The number of benzene rings is 1. The highest BCUT2D eigenvalue weighted by atomic mass is 79.9. The lowest BCUT2D eigenvalue weighted by molar-refractivity contribution is -0.116. The predicted molar refractivity (Wildman–Crippen MR) is 97.8 cm³/mol. The standard InChI is InChI=1S/C17H19BrN2O5/c1-23-13-6-10(7-14(24-2)16(13)25-3)4-5-15(21)20-12-8-11(18)9-19-17(12)22/h6-9H,4-5H2,1-3H3,(H,19,22)(H,20,21). The summed E-state index contributed by atoms with van der Waals surface area (Å²) >= 11 is 3.25. The second-order valence-electron chi connectivity index (χ2n) is 5.14. The quantitative estimate of drug-likeness (QED) is 0.732. The Balaban J connectivity index is 2.09. The molecule has 0 fully saturated rings. The molecule has 0 atom stereocenters. The number of carbonyl (C=O) groups excluding carboxylic acids is 1. The van der Waals surface area contributed by atoms with Gasteiger partial charge < -0.3 is 24.5 Å². The average Bonchev–Trinajstić information content (AvgIpc) is 2.61. The number of methoxy groups -OCH3 is 3. The topological polar surface area (TPSA) is 89.7 Å². The van der Waals surface area contributed by atoms with E-state index in [2.05, 4.69) is 26.2 Å². The minimum Gasteiger partial charge on any atom is -0.493 e. The molecule has 0 radical (unpaired) electrons. The Bertz CT molecular complexity index is 794. The first-order valence-electron chi connectivity index (χ1n) is 7.45. The maximum Gasteiger partial charge on any atom is 0.271 e. The first-order valence-corrected chi connectivity index (χ1v) is 8.24.